The number of benzene rings is 1. The van der Waals surface area contributed by atoms with E-state index in [0.29, 0.717) is 23.0 Å². The quantitative estimate of drug-likeness (QED) is 0.497. The van der Waals surface area contributed by atoms with Crippen LogP contribution in [0.5, 0.6) is 0 Å². The molecule has 0 fully saturated rings. The molecule has 146 valence electrons. The Kier molecular flexibility index (Phi) is 6.58. The van der Waals surface area contributed by atoms with Crippen LogP contribution in [0.25, 0.3) is 0 Å². The van der Waals surface area contributed by atoms with Crippen LogP contribution in [0.4, 0.5) is 21.8 Å². The molecule has 2 unspecified atom stereocenters. The van der Waals surface area contributed by atoms with Crippen LogP contribution >= 0.6 is 0 Å². The van der Waals surface area contributed by atoms with Crippen LogP contribution in [0.2, 0.25) is 0 Å². The van der Waals surface area contributed by atoms with Crippen LogP contribution in [0.15, 0.2) is 55.0 Å². The summed E-state index contributed by atoms with van der Waals surface area (Å²) in [5.74, 6) is 1.21. The van der Waals surface area contributed by atoms with E-state index in [2.05, 4.69) is 30.3 Å². The molecule has 1 aromatic carbocycles. The van der Waals surface area contributed by atoms with E-state index < -0.39 is 11.3 Å². The van der Waals surface area contributed by atoms with Crippen molar-refractivity contribution in [2.75, 3.05) is 10.6 Å². The number of hydrogen-bond donors (Lipinski definition) is 3. The average Bonchev–Trinajstić information content (AvgIpc) is 2.67. The molecule has 2 aromatic heterocycles. The molecular weight excluding hydrogens is 383 g/mol. The van der Waals surface area contributed by atoms with Gasteiger partial charge in [0.05, 0.1) is 6.20 Å². The minimum Gasteiger partial charge on any atom is -0.760 e. The van der Waals surface area contributed by atoms with Gasteiger partial charge in [0.15, 0.2) is 0 Å². The van der Waals surface area contributed by atoms with Crippen LogP contribution in [0, 0.1) is 5.82 Å². The molecular formula is C18H18FN6O2S-. The van der Waals surface area contributed by atoms with Crippen LogP contribution in [-0.2, 0) is 17.8 Å². The molecule has 2 atom stereocenters. The zero-order valence-electron chi connectivity index (χ0n) is 14.9. The predicted octanol–water partition coefficient (Wildman–Crippen LogP) is 2.81. The van der Waals surface area contributed by atoms with Gasteiger partial charge in [-0.25, -0.2) is 19.1 Å². The summed E-state index contributed by atoms with van der Waals surface area (Å²) in [6, 6.07) is 9.48. The van der Waals surface area contributed by atoms with Crippen LogP contribution in [-0.4, -0.2) is 23.7 Å². The second kappa shape index (κ2) is 9.31. The normalized spacial score (nSPS) is 13.0. The van der Waals surface area contributed by atoms with Crippen molar-refractivity contribution in [2.24, 2.45) is 0 Å². The molecule has 2 heterocycles. The highest BCUT2D eigenvalue weighted by molar-refractivity contribution is 7.77. The number of hydrogen-bond acceptors (Lipinski definition) is 7. The van der Waals surface area contributed by atoms with Gasteiger partial charge in [-0.2, -0.15) is 0 Å². The molecule has 0 aliphatic heterocycles. The van der Waals surface area contributed by atoms with Crippen molar-refractivity contribution in [1.29, 1.82) is 0 Å². The number of halogens is 1. The van der Waals surface area contributed by atoms with Gasteiger partial charge in [-0.05, 0) is 42.3 Å². The zero-order chi connectivity index (χ0) is 19.9. The van der Waals surface area contributed by atoms with E-state index >= 15 is 0 Å². The third-order valence-corrected chi connectivity index (χ3v) is 4.21. The van der Waals surface area contributed by atoms with Crippen molar-refractivity contribution in [3.05, 3.63) is 71.9 Å². The fourth-order valence-electron chi connectivity index (χ4n) is 2.52. The molecule has 3 aromatic rings. The molecule has 0 saturated carbocycles. The minimum atomic E-state index is -2.38. The summed E-state index contributed by atoms with van der Waals surface area (Å²) in [5.41, 5.74) is 1.58. The van der Waals surface area contributed by atoms with Gasteiger partial charge in [0.1, 0.15) is 23.3 Å². The van der Waals surface area contributed by atoms with E-state index in [4.69, 9.17) is 0 Å². The van der Waals surface area contributed by atoms with E-state index in [1.54, 1.807) is 42.9 Å². The van der Waals surface area contributed by atoms with E-state index in [1.807, 2.05) is 6.92 Å². The van der Waals surface area contributed by atoms with Crippen LogP contribution < -0.4 is 15.4 Å². The standard InChI is InChI=1S/C18H19FN6O2S/c1-12(14-2-4-15(19)5-3-14)23-16-8-13(10-22-28(26)27)9-17(24-16)25-18-11-20-6-7-21-18/h2-9,11-12,22H,10H2,1H3,(H,26,27)(H2,21,23,24,25)/p-1. The topological polar surface area (TPSA) is 115 Å². The summed E-state index contributed by atoms with van der Waals surface area (Å²) in [5, 5.41) is 6.28. The van der Waals surface area contributed by atoms with Gasteiger partial charge in [0, 0.05) is 36.2 Å². The summed E-state index contributed by atoms with van der Waals surface area (Å²) in [4.78, 5) is 12.6. The van der Waals surface area contributed by atoms with Crippen LogP contribution in [0.3, 0.4) is 0 Å². The van der Waals surface area contributed by atoms with Crippen molar-refractivity contribution < 1.29 is 13.2 Å². The van der Waals surface area contributed by atoms with Gasteiger partial charge in [-0.3, -0.25) is 9.19 Å². The van der Waals surface area contributed by atoms with Gasteiger partial charge >= 0.3 is 0 Å². The molecule has 0 spiro atoms. The molecule has 3 N–H and O–H groups in total. The molecule has 0 aliphatic carbocycles. The van der Waals surface area contributed by atoms with E-state index in [0.717, 1.165) is 5.56 Å². The molecule has 10 heteroatoms. The van der Waals surface area contributed by atoms with Gasteiger partial charge in [-0.15, -0.1) is 0 Å². The maximum atomic E-state index is 13.1. The molecule has 3 rings (SSSR count). The second-order valence-electron chi connectivity index (χ2n) is 5.93. The maximum absolute atomic E-state index is 13.1. The maximum Gasteiger partial charge on any atom is 0.150 e. The number of aromatic nitrogens is 3. The van der Waals surface area contributed by atoms with Crippen LogP contribution in [0.1, 0.15) is 24.1 Å². The molecule has 0 bridgehead atoms. The first kappa shape index (κ1) is 19.8. The number of rotatable bonds is 8. The number of anilines is 3. The Morgan fingerprint density at radius 3 is 2.57 bits per heavy atom. The first-order valence-corrected chi connectivity index (χ1v) is 9.46. The average molecular weight is 401 g/mol. The molecule has 0 saturated heterocycles. The van der Waals surface area contributed by atoms with Gasteiger partial charge < -0.3 is 15.2 Å². The summed E-state index contributed by atoms with van der Waals surface area (Å²) < 4.78 is 37.1. The first-order valence-electron chi connectivity index (χ1n) is 8.38. The first-order chi connectivity index (χ1) is 13.5. The van der Waals surface area contributed by atoms with Crippen molar-refractivity contribution in [2.45, 2.75) is 19.5 Å². The molecule has 0 radical (unpaired) electrons. The lowest BCUT2D eigenvalue weighted by Gasteiger charge is -2.17. The van der Waals surface area contributed by atoms with E-state index in [-0.39, 0.29) is 18.4 Å². The highest BCUT2D eigenvalue weighted by Crippen LogP contribution is 2.22. The van der Waals surface area contributed by atoms with Crippen molar-refractivity contribution >= 4 is 28.7 Å². The fraction of sp³-hybridized carbons (Fsp3) is 0.167. The summed E-state index contributed by atoms with van der Waals surface area (Å²) in [6.07, 6.45) is 4.65. The Balaban J connectivity index is 1.83. The molecule has 0 aliphatic rings. The monoisotopic (exact) mass is 401 g/mol. The lowest BCUT2D eigenvalue weighted by atomic mass is 10.1. The fourth-order valence-corrected chi connectivity index (χ4v) is 2.81. The zero-order valence-corrected chi connectivity index (χ0v) is 15.7. The number of nitrogens with one attached hydrogen (secondary N) is 3. The van der Waals surface area contributed by atoms with E-state index in [1.165, 1.54) is 12.1 Å². The van der Waals surface area contributed by atoms with Gasteiger partial charge in [0.2, 0.25) is 0 Å². The second-order valence-corrected chi connectivity index (χ2v) is 6.69. The van der Waals surface area contributed by atoms with Gasteiger partial charge in [-0.1, -0.05) is 12.1 Å². The number of nitrogens with zero attached hydrogens (tertiary/aromatic N) is 3. The van der Waals surface area contributed by atoms with Crippen molar-refractivity contribution in [1.82, 2.24) is 19.7 Å². The predicted molar refractivity (Wildman–Crippen MR) is 104 cm³/mol. The number of pyridine rings is 1. The Morgan fingerprint density at radius 1 is 1.14 bits per heavy atom. The third kappa shape index (κ3) is 5.78. The molecule has 0 amide bonds. The van der Waals surface area contributed by atoms with E-state index in [9.17, 15) is 13.2 Å². The SMILES string of the molecule is CC(Nc1cc(CNS(=O)[O-])cc(Nc2cnccn2)n1)c1ccc(F)cc1. The Bertz CT molecular complexity index is 943. The Labute approximate surface area is 164 Å². The lowest BCUT2D eigenvalue weighted by molar-refractivity contribution is 0.522. The molecule has 28 heavy (non-hydrogen) atoms. The van der Waals surface area contributed by atoms with Gasteiger partial charge in [0.25, 0.3) is 0 Å². The van der Waals surface area contributed by atoms with Crippen molar-refractivity contribution in [3.8, 4) is 0 Å². The highest BCUT2D eigenvalue weighted by atomic mass is 32.2. The summed E-state index contributed by atoms with van der Waals surface area (Å²) in [6.45, 7) is 2.02. The lowest BCUT2D eigenvalue weighted by Crippen LogP contribution is -2.16. The largest absolute Gasteiger partial charge is 0.760 e. The molecule has 8 nitrogen and oxygen atoms in total. The summed E-state index contributed by atoms with van der Waals surface area (Å²) >= 11 is -2.38. The highest BCUT2D eigenvalue weighted by Gasteiger charge is 2.09. The third-order valence-electron chi connectivity index (χ3n) is 3.83. The Morgan fingerprint density at radius 2 is 1.89 bits per heavy atom. The minimum absolute atomic E-state index is 0.105. The summed E-state index contributed by atoms with van der Waals surface area (Å²) in [7, 11) is 0. The Hall–Kier alpha value is -2.95. The smallest absolute Gasteiger partial charge is 0.150 e. The van der Waals surface area contributed by atoms with Crippen molar-refractivity contribution in [3.63, 3.8) is 0 Å².